The fourth-order valence-electron chi connectivity index (χ4n) is 1.37. The average molecular weight is 210 g/mol. The molecule has 0 aliphatic rings. The molecule has 0 radical (unpaired) electrons. The van der Waals surface area contributed by atoms with Crippen molar-refractivity contribution < 1.29 is 9.53 Å². The Hall–Kier alpha value is -1.32. The molecule has 0 saturated heterocycles. The number of carbonyl (C=O) groups excluding carboxylic acids is 1. The van der Waals surface area contributed by atoms with Gasteiger partial charge in [-0.2, -0.15) is 0 Å². The Bertz CT molecular complexity index is 318. The number of rotatable bonds is 5. The van der Waals surface area contributed by atoms with Crippen LogP contribution >= 0.6 is 0 Å². The van der Waals surface area contributed by atoms with E-state index in [2.05, 4.69) is 18.8 Å². The number of carbonyl (C=O) groups is 1. The number of aromatic nitrogens is 2. The van der Waals surface area contributed by atoms with Crippen LogP contribution in [0.4, 0.5) is 0 Å². The minimum absolute atomic E-state index is 0.152. The summed E-state index contributed by atoms with van der Waals surface area (Å²) in [6.45, 7) is 7.08. The number of hydrogen-bond acceptors (Lipinski definition) is 3. The molecule has 15 heavy (non-hydrogen) atoms. The number of hydrogen-bond donors (Lipinski definition) is 0. The Morgan fingerprint density at radius 3 is 2.93 bits per heavy atom. The second-order valence-corrected chi connectivity index (χ2v) is 3.71. The van der Waals surface area contributed by atoms with E-state index < -0.39 is 0 Å². The lowest BCUT2D eigenvalue weighted by Gasteiger charge is -2.10. The third-order valence-electron chi connectivity index (χ3n) is 2.15. The molecule has 0 unspecified atom stereocenters. The molecule has 4 nitrogen and oxygen atoms in total. The van der Waals surface area contributed by atoms with Gasteiger partial charge in [0.2, 0.25) is 0 Å². The Morgan fingerprint density at radius 1 is 1.60 bits per heavy atom. The molecule has 84 valence electrons. The van der Waals surface area contributed by atoms with Crippen LogP contribution in [-0.4, -0.2) is 22.1 Å². The number of imidazole rings is 1. The molecule has 0 saturated carbocycles. The lowest BCUT2D eigenvalue weighted by molar-refractivity contribution is -0.143. The van der Waals surface area contributed by atoms with E-state index in [9.17, 15) is 4.79 Å². The van der Waals surface area contributed by atoms with Crippen molar-refractivity contribution >= 4 is 5.97 Å². The zero-order valence-electron chi connectivity index (χ0n) is 9.56. The van der Waals surface area contributed by atoms with Gasteiger partial charge in [-0.05, 0) is 0 Å². The van der Waals surface area contributed by atoms with Crippen molar-refractivity contribution in [3.63, 3.8) is 0 Å². The molecule has 0 aromatic carbocycles. The highest BCUT2D eigenvalue weighted by Crippen LogP contribution is 2.11. The van der Waals surface area contributed by atoms with Crippen LogP contribution in [0, 0.1) is 0 Å². The second kappa shape index (κ2) is 5.53. The maximum Gasteiger partial charge on any atom is 0.305 e. The lowest BCUT2D eigenvalue weighted by Crippen LogP contribution is -2.12. The Kier molecular flexibility index (Phi) is 4.34. The van der Waals surface area contributed by atoms with Crippen LogP contribution in [0.25, 0.3) is 0 Å². The summed E-state index contributed by atoms with van der Waals surface area (Å²) in [5.74, 6) is 1.27. The van der Waals surface area contributed by atoms with Crippen molar-refractivity contribution in [2.75, 3.05) is 6.61 Å². The van der Waals surface area contributed by atoms with Crippen molar-refractivity contribution in [2.45, 2.75) is 39.7 Å². The van der Waals surface area contributed by atoms with Gasteiger partial charge in [-0.1, -0.05) is 20.8 Å². The van der Waals surface area contributed by atoms with Gasteiger partial charge in [0.1, 0.15) is 12.4 Å². The Morgan fingerprint density at radius 2 is 2.33 bits per heavy atom. The van der Waals surface area contributed by atoms with E-state index >= 15 is 0 Å². The van der Waals surface area contributed by atoms with E-state index in [0.717, 1.165) is 5.82 Å². The zero-order chi connectivity index (χ0) is 11.3. The summed E-state index contributed by atoms with van der Waals surface area (Å²) in [6, 6.07) is 0. The SMILES string of the molecule is CCC(=O)OCCn1ccnc1C(C)C. The van der Waals surface area contributed by atoms with Gasteiger partial charge in [0.25, 0.3) is 0 Å². The molecule has 0 amide bonds. The predicted octanol–water partition coefficient (Wildman–Crippen LogP) is 1.96. The topological polar surface area (TPSA) is 44.1 Å². The maximum absolute atomic E-state index is 10.9. The Balaban J connectivity index is 2.43. The first-order chi connectivity index (χ1) is 7.15. The molecule has 0 bridgehead atoms. The summed E-state index contributed by atoms with van der Waals surface area (Å²) < 4.78 is 7.03. The molecule has 0 aliphatic heterocycles. The van der Waals surface area contributed by atoms with E-state index in [0.29, 0.717) is 25.5 Å². The van der Waals surface area contributed by atoms with Crippen molar-refractivity contribution in [1.82, 2.24) is 9.55 Å². The zero-order valence-corrected chi connectivity index (χ0v) is 9.56. The third-order valence-corrected chi connectivity index (χ3v) is 2.15. The van der Waals surface area contributed by atoms with Crippen LogP contribution in [0.15, 0.2) is 12.4 Å². The van der Waals surface area contributed by atoms with Crippen LogP contribution in [0.1, 0.15) is 38.9 Å². The van der Waals surface area contributed by atoms with Crippen LogP contribution < -0.4 is 0 Å². The quantitative estimate of drug-likeness (QED) is 0.698. The summed E-state index contributed by atoms with van der Waals surface area (Å²) >= 11 is 0. The fraction of sp³-hybridized carbons (Fsp3) is 0.636. The number of nitrogens with zero attached hydrogens (tertiary/aromatic N) is 2. The highest BCUT2D eigenvalue weighted by atomic mass is 16.5. The van der Waals surface area contributed by atoms with Gasteiger partial charge in [-0.3, -0.25) is 4.79 Å². The maximum atomic E-state index is 10.9. The standard InChI is InChI=1S/C11H18N2O2/c1-4-10(14)15-8-7-13-6-5-12-11(13)9(2)3/h5-6,9H,4,7-8H2,1-3H3. The van der Waals surface area contributed by atoms with Gasteiger partial charge in [0, 0.05) is 24.7 Å². The van der Waals surface area contributed by atoms with Gasteiger partial charge >= 0.3 is 5.97 Å². The monoisotopic (exact) mass is 210 g/mol. The average Bonchev–Trinajstić information content (AvgIpc) is 2.65. The van der Waals surface area contributed by atoms with E-state index in [4.69, 9.17) is 4.74 Å². The molecular formula is C11H18N2O2. The smallest absolute Gasteiger partial charge is 0.305 e. The molecule has 0 spiro atoms. The van der Waals surface area contributed by atoms with Crippen molar-refractivity contribution in [1.29, 1.82) is 0 Å². The molecule has 0 fully saturated rings. The van der Waals surface area contributed by atoms with Crippen molar-refractivity contribution in [3.8, 4) is 0 Å². The van der Waals surface area contributed by atoms with E-state index in [1.54, 1.807) is 13.1 Å². The minimum Gasteiger partial charge on any atom is -0.464 e. The molecule has 1 aromatic rings. The summed E-state index contributed by atoms with van der Waals surface area (Å²) in [5, 5.41) is 0. The van der Waals surface area contributed by atoms with Gasteiger partial charge in [0.15, 0.2) is 0 Å². The summed E-state index contributed by atoms with van der Waals surface area (Å²) in [5.41, 5.74) is 0. The van der Waals surface area contributed by atoms with Crippen LogP contribution in [0.2, 0.25) is 0 Å². The molecule has 4 heteroatoms. The van der Waals surface area contributed by atoms with Gasteiger partial charge in [-0.15, -0.1) is 0 Å². The van der Waals surface area contributed by atoms with Gasteiger partial charge in [-0.25, -0.2) is 4.98 Å². The first kappa shape index (κ1) is 11.8. The summed E-state index contributed by atoms with van der Waals surface area (Å²) in [4.78, 5) is 15.2. The van der Waals surface area contributed by atoms with Gasteiger partial charge in [0.05, 0.1) is 6.54 Å². The molecule has 1 heterocycles. The molecule has 0 atom stereocenters. The van der Waals surface area contributed by atoms with Gasteiger partial charge < -0.3 is 9.30 Å². The molecular weight excluding hydrogens is 192 g/mol. The molecule has 1 aromatic heterocycles. The third kappa shape index (κ3) is 3.38. The van der Waals surface area contributed by atoms with E-state index in [1.165, 1.54) is 0 Å². The fourth-order valence-corrected chi connectivity index (χ4v) is 1.37. The number of ether oxygens (including phenoxy) is 1. The first-order valence-electron chi connectivity index (χ1n) is 5.31. The van der Waals surface area contributed by atoms with Crippen molar-refractivity contribution in [2.24, 2.45) is 0 Å². The number of esters is 1. The Labute approximate surface area is 90.3 Å². The van der Waals surface area contributed by atoms with Crippen LogP contribution in [-0.2, 0) is 16.1 Å². The highest BCUT2D eigenvalue weighted by molar-refractivity contribution is 5.68. The summed E-state index contributed by atoms with van der Waals surface area (Å²) in [7, 11) is 0. The molecule has 0 aliphatic carbocycles. The largest absolute Gasteiger partial charge is 0.464 e. The van der Waals surface area contributed by atoms with Crippen LogP contribution in [0.3, 0.4) is 0 Å². The van der Waals surface area contributed by atoms with E-state index in [-0.39, 0.29) is 5.97 Å². The highest BCUT2D eigenvalue weighted by Gasteiger charge is 2.07. The van der Waals surface area contributed by atoms with Crippen molar-refractivity contribution in [3.05, 3.63) is 18.2 Å². The van der Waals surface area contributed by atoms with Crippen LogP contribution in [0.5, 0.6) is 0 Å². The molecule has 1 rings (SSSR count). The normalized spacial score (nSPS) is 10.7. The lowest BCUT2D eigenvalue weighted by atomic mass is 10.2. The minimum atomic E-state index is -0.152. The first-order valence-corrected chi connectivity index (χ1v) is 5.31. The molecule has 0 N–H and O–H groups in total. The predicted molar refractivity (Wildman–Crippen MR) is 57.6 cm³/mol. The van der Waals surface area contributed by atoms with E-state index in [1.807, 2.05) is 10.8 Å². The second-order valence-electron chi connectivity index (χ2n) is 3.71. The summed E-state index contributed by atoms with van der Waals surface area (Å²) in [6.07, 6.45) is 4.12.